The summed E-state index contributed by atoms with van der Waals surface area (Å²) in [5, 5.41) is 14.2. The molecule has 0 saturated carbocycles. The van der Waals surface area contributed by atoms with Crippen molar-refractivity contribution in [1.82, 2.24) is 0 Å². The third kappa shape index (κ3) is 3.39. The molecule has 0 aliphatic carbocycles. The molecule has 1 saturated heterocycles. The van der Waals surface area contributed by atoms with Crippen molar-refractivity contribution < 1.29 is 14.4 Å². The van der Waals surface area contributed by atoms with Crippen molar-refractivity contribution in [3.8, 4) is 5.75 Å². The highest BCUT2D eigenvalue weighted by Crippen LogP contribution is 2.31. The zero-order valence-electron chi connectivity index (χ0n) is 12.0. The van der Waals surface area contributed by atoms with Crippen LogP contribution in [-0.4, -0.2) is 30.3 Å². The number of rotatable bonds is 4. The lowest BCUT2D eigenvalue weighted by Gasteiger charge is -2.33. The SMILES string of the molecule is COc1ccc([N+](=O)[O-])cc1NC1CC(C)OC(C)C1. The van der Waals surface area contributed by atoms with Crippen molar-refractivity contribution in [1.29, 1.82) is 0 Å². The number of hydrogen-bond donors (Lipinski definition) is 1. The van der Waals surface area contributed by atoms with Crippen LogP contribution in [0.15, 0.2) is 18.2 Å². The zero-order chi connectivity index (χ0) is 14.7. The van der Waals surface area contributed by atoms with Crippen LogP contribution in [0.1, 0.15) is 26.7 Å². The lowest BCUT2D eigenvalue weighted by atomic mass is 9.99. The van der Waals surface area contributed by atoms with Crippen LogP contribution in [0.5, 0.6) is 5.75 Å². The molecule has 0 radical (unpaired) electrons. The molecule has 6 nitrogen and oxygen atoms in total. The van der Waals surface area contributed by atoms with Gasteiger partial charge >= 0.3 is 0 Å². The largest absolute Gasteiger partial charge is 0.495 e. The second-order valence-corrected chi connectivity index (χ2v) is 5.21. The summed E-state index contributed by atoms with van der Waals surface area (Å²) in [4.78, 5) is 10.5. The molecule has 2 unspecified atom stereocenters. The van der Waals surface area contributed by atoms with Crippen LogP contribution in [0, 0.1) is 10.1 Å². The Morgan fingerprint density at radius 1 is 1.35 bits per heavy atom. The van der Waals surface area contributed by atoms with E-state index in [1.165, 1.54) is 12.1 Å². The molecule has 0 spiro atoms. The standard InChI is InChI=1S/C14H20N2O4/c1-9-6-11(7-10(2)20-9)15-13-8-12(16(17)18)4-5-14(13)19-3/h4-5,8-11,15H,6-7H2,1-3H3. The highest BCUT2D eigenvalue weighted by Gasteiger charge is 2.25. The van der Waals surface area contributed by atoms with E-state index in [2.05, 4.69) is 5.32 Å². The van der Waals surface area contributed by atoms with E-state index in [0.29, 0.717) is 11.4 Å². The maximum absolute atomic E-state index is 10.9. The lowest BCUT2D eigenvalue weighted by molar-refractivity contribution is -0.384. The van der Waals surface area contributed by atoms with Gasteiger partial charge in [0.1, 0.15) is 5.75 Å². The number of nitrogens with one attached hydrogen (secondary N) is 1. The Labute approximate surface area is 118 Å². The van der Waals surface area contributed by atoms with E-state index in [9.17, 15) is 10.1 Å². The Bertz CT molecular complexity index is 482. The minimum atomic E-state index is -0.403. The average molecular weight is 280 g/mol. The molecule has 6 heteroatoms. The van der Waals surface area contributed by atoms with Crippen molar-refractivity contribution in [2.45, 2.75) is 44.9 Å². The van der Waals surface area contributed by atoms with Gasteiger partial charge in [0, 0.05) is 18.2 Å². The predicted octanol–water partition coefficient (Wildman–Crippen LogP) is 2.97. The maximum atomic E-state index is 10.9. The monoisotopic (exact) mass is 280 g/mol. The Balaban J connectivity index is 2.18. The Morgan fingerprint density at radius 3 is 2.55 bits per heavy atom. The molecule has 0 amide bonds. The zero-order valence-corrected chi connectivity index (χ0v) is 12.0. The van der Waals surface area contributed by atoms with Crippen LogP contribution in [-0.2, 0) is 4.74 Å². The topological polar surface area (TPSA) is 73.6 Å². The molecular formula is C14H20N2O4. The molecule has 1 aliphatic rings. The molecule has 2 atom stereocenters. The van der Waals surface area contributed by atoms with Gasteiger partial charge in [0.2, 0.25) is 0 Å². The van der Waals surface area contributed by atoms with E-state index < -0.39 is 4.92 Å². The van der Waals surface area contributed by atoms with Crippen LogP contribution in [0.4, 0.5) is 11.4 Å². The molecule has 0 aromatic heterocycles. The van der Waals surface area contributed by atoms with Gasteiger partial charge < -0.3 is 14.8 Å². The summed E-state index contributed by atoms with van der Waals surface area (Å²) in [5.74, 6) is 0.613. The summed E-state index contributed by atoms with van der Waals surface area (Å²) in [6, 6.07) is 4.81. The van der Waals surface area contributed by atoms with Gasteiger partial charge in [-0.15, -0.1) is 0 Å². The molecule has 0 bridgehead atoms. The Morgan fingerprint density at radius 2 is 2.00 bits per heavy atom. The second kappa shape index (κ2) is 6.09. The number of anilines is 1. The highest BCUT2D eigenvalue weighted by atomic mass is 16.6. The van der Waals surface area contributed by atoms with E-state index in [0.717, 1.165) is 12.8 Å². The van der Waals surface area contributed by atoms with Crippen molar-refractivity contribution in [3.63, 3.8) is 0 Å². The Kier molecular flexibility index (Phi) is 4.44. The molecule has 1 aromatic carbocycles. The van der Waals surface area contributed by atoms with Crippen molar-refractivity contribution in [3.05, 3.63) is 28.3 Å². The molecule has 2 rings (SSSR count). The van der Waals surface area contributed by atoms with E-state index >= 15 is 0 Å². The number of hydrogen-bond acceptors (Lipinski definition) is 5. The summed E-state index contributed by atoms with van der Waals surface area (Å²) >= 11 is 0. The first-order valence-electron chi connectivity index (χ1n) is 6.74. The van der Waals surface area contributed by atoms with Gasteiger partial charge in [-0.3, -0.25) is 10.1 Å². The molecule has 1 heterocycles. The minimum Gasteiger partial charge on any atom is -0.495 e. The molecular weight excluding hydrogens is 260 g/mol. The maximum Gasteiger partial charge on any atom is 0.271 e. The first kappa shape index (κ1) is 14.6. The fraction of sp³-hybridized carbons (Fsp3) is 0.571. The van der Waals surface area contributed by atoms with Gasteiger partial charge in [-0.2, -0.15) is 0 Å². The Hall–Kier alpha value is -1.82. The number of nitro groups is 1. The second-order valence-electron chi connectivity index (χ2n) is 5.21. The highest BCUT2D eigenvalue weighted by molar-refractivity contribution is 5.62. The van der Waals surface area contributed by atoms with Gasteiger partial charge in [0.15, 0.2) is 0 Å². The molecule has 1 N–H and O–H groups in total. The lowest BCUT2D eigenvalue weighted by Crippen LogP contribution is -2.36. The molecule has 1 fully saturated rings. The van der Waals surface area contributed by atoms with Gasteiger partial charge in [0.25, 0.3) is 5.69 Å². The summed E-state index contributed by atoms with van der Waals surface area (Å²) in [5.41, 5.74) is 0.717. The van der Waals surface area contributed by atoms with Gasteiger partial charge in [-0.25, -0.2) is 0 Å². The number of nitro benzene ring substituents is 1. The molecule has 20 heavy (non-hydrogen) atoms. The summed E-state index contributed by atoms with van der Waals surface area (Å²) < 4.78 is 11.0. The van der Waals surface area contributed by atoms with E-state index in [1.54, 1.807) is 13.2 Å². The molecule has 1 aromatic rings. The smallest absolute Gasteiger partial charge is 0.271 e. The van der Waals surface area contributed by atoms with Crippen LogP contribution in [0.3, 0.4) is 0 Å². The normalized spacial score (nSPS) is 26.1. The van der Waals surface area contributed by atoms with Crippen LogP contribution in [0.2, 0.25) is 0 Å². The first-order chi connectivity index (χ1) is 9.49. The van der Waals surface area contributed by atoms with E-state index in [4.69, 9.17) is 9.47 Å². The number of ether oxygens (including phenoxy) is 2. The van der Waals surface area contributed by atoms with E-state index in [-0.39, 0.29) is 23.9 Å². The number of non-ortho nitro benzene ring substituents is 1. The number of benzene rings is 1. The average Bonchev–Trinajstić information content (AvgIpc) is 2.37. The van der Waals surface area contributed by atoms with Crippen molar-refractivity contribution >= 4 is 11.4 Å². The fourth-order valence-corrected chi connectivity index (χ4v) is 2.67. The van der Waals surface area contributed by atoms with Gasteiger partial charge in [-0.05, 0) is 32.8 Å². The molecule has 110 valence electrons. The van der Waals surface area contributed by atoms with E-state index in [1.807, 2.05) is 13.8 Å². The van der Waals surface area contributed by atoms with Crippen LogP contribution < -0.4 is 10.1 Å². The van der Waals surface area contributed by atoms with Crippen LogP contribution >= 0.6 is 0 Å². The number of nitrogens with zero attached hydrogens (tertiary/aromatic N) is 1. The van der Waals surface area contributed by atoms with Crippen molar-refractivity contribution in [2.24, 2.45) is 0 Å². The van der Waals surface area contributed by atoms with Gasteiger partial charge in [-0.1, -0.05) is 0 Å². The number of methoxy groups -OCH3 is 1. The van der Waals surface area contributed by atoms with Crippen LogP contribution in [0.25, 0.3) is 0 Å². The summed E-state index contributed by atoms with van der Waals surface area (Å²) in [6.07, 6.45) is 2.11. The third-order valence-electron chi connectivity index (χ3n) is 3.45. The summed E-state index contributed by atoms with van der Waals surface area (Å²) in [7, 11) is 1.56. The van der Waals surface area contributed by atoms with Gasteiger partial charge in [0.05, 0.1) is 29.9 Å². The third-order valence-corrected chi connectivity index (χ3v) is 3.45. The minimum absolute atomic E-state index is 0.0569. The molecule has 1 aliphatic heterocycles. The quantitative estimate of drug-likeness (QED) is 0.678. The predicted molar refractivity (Wildman–Crippen MR) is 76.3 cm³/mol. The summed E-state index contributed by atoms with van der Waals surface area (Å²) in [6.45, 7) is 4.07. The first-order valence-corrected chi connectivity index (χ1v) is 6.74. The fourth-order valence-electron chi connectivity index (χ4n) is 2.67. The van der Waals surface area contributed by atoms with Crippen molar-refractivity contribution in [2.75, 3.05) is 12.4 Å².